The van der Waals surface area contributed by atoms with Crippen LogP contribution in [0.1, 0.15) is 13.3 Å². The van der Waals surface area contributed by atoms with E-state index in [2.05, 4.69) is 14.9 Å². The number of nitrogens with zero attached hydrogens (tertiary/aromatic N) is 4. The Labute approximate surface area is 118 Å². The Morgan fingerprint density at radius 2 is 2.00 bits per heavy atom. The molecule has 2 aromatic heterocycles. The van der Waals surface area contributed by atoms with Gasteiger partial charge in [0.25, 0.3) is 0 Å². The van der Waals surface area contributed by atoms with Crippen LogP contribution in [0.2, 0.25) is 0 Å². The van der Waals surface area contributed by atoms with Crippen molar-refractivity contribution in [3.05, 3.63) is 30.7 Å². The maximum atomic E-state index is 11.7. The number of rotatable bonds is 2. The quantitative estimate of drug-likeness (QED) is 0.833. The fourth-order valence-corrected chi connectivity index (χ4v) is 2.64. The molecular weight excluding hydrogens is 252 g/mol. The van der Waals surface area contributed by atoms with Crippen molar-refractivity contribution in [1.29, 1.82) is 0 Å². The molecule has 0 aromatic carbocycles. The fourth-order valence-electron chi connectivity index (χ4n) is 2.64. The first-order valence-corrected chi connectivity index (χ1v) is 7.01. The highest BCUT2D eigenvalue weighted by atomic mass is 16.2. The number of carbonyl (C=O) groups excluding carboxylic acids is 1. The van der Waals surface area contributed by atoms with E-state index in [9.17, 15) is 4.79 Å². The van der Waals surface area contributed by atoms with Crippen LogP contribution in [0.4, 0.5) is 5.82 Å². The van der Waals surface area contributed by atoms with Gasteiger partial charge in [-0.25, -0.2) is 4.98 Å². The van der Waals surface area contributed by atoms with Gasteiger partial charge >= 0.3 is 0 Å². The summed E-state index contributed by atoms with van der Waals surface area (Å²) in [6.07, 6.45) is 6.06. The van der Waals surface area contributed by atoms with Gasteiger partial charge in [0.1, 0.15) is 5.82 Å². The zero-order valence-electron chi connectivity index (χ0n) is 11.6. The molecule has 1 aliphatic rings. The molecule has 0 atom stereocenters. The van der Waals surface area contributed by atoms with Gasteiger partial charge in [-0.2, -0.15) is 0 Å². The summed E-state index contributed by atoms with van der Waals surface area (Å²) in [5.74, 6) is 1.23. The lowest BCUT2D eigenvalue weighted by molar-refractivity contribution is -0.131. The van der Waals surface area contributed by atoms with Crippen LogP contribution < -0.4 is 4.90 Å². The van der Waals surface area contributed by atoms with Gasteiger partial charge in [-0.1, -0.05) is 6.92 Å². The smallest absolute Gasteiger partial charge is 0.222 e. The highest BCUT2D eigenvalue weighted by Gasteiger charge is 2.21. The van der Waals surface area contributed by atoms with Crippen molar-refractivity contribution in [2.45, 2.75) is 13.3 Å². The summed E-state index contributed by atoms with van der Waals surface area (Å²) in [5, 5.41) is 2.22. The van der Waals surface area contributed by atoms with Crippen molar-refractivity contribution >= 4 is 22.5 Å². The maximum absolute atomic E-state index is 11.7. The topological polar surface area (TPSA) is 49.3 Å². The molecule has 1 saturated heterocycles. The predicted octanol–water partition coefficient (Wildman–Crippen LogP) is 1.69. The lowest BCUT2D eigenvalue weighted by Crippen LogP contribution is -2.48. The van der Waals surface area contributed by atoms with Gasteiger partial charge in [-0.15, -0.1) is 0 Å². The number of hydrogen-bond donors (Lipinski definition) is 0. The first-order chi connectivity index (χ1) is 9.79. The lowest BCUT2D eigenvalue weighted by Gasteiger charge is -2.35. The van der Waals surface area contributed by atoms with Crippen molar-refractivity contribution in [3.63, 3.8) is 0 Å². The van der Waals surface area contributed by atoms with Crippen molar-refractivity contribution < 1.29 is 4.79 Å². The van der Waals surface area contributed by atoms with E-state index in [-0.39, 0.29) is 5.91 Å². The van der Waals surface area contributed by atoms with E-state index in [0.29, 0.717) is 6.42 Å². The summed E-state index contributed by atoms with van der Waals surface area (Å²) in [7, 11) is 0. The molecule has 0 N–H and O–H groups in total. The Hall–Kier alpha value is -2.17. The zero-order valence-corrected chi connectivity index (χ0v) is 11.6. The molecule has 1 fully saturated rings. The normalized spacial score (nSPS) is 15.7. The van der Waals surface area contributed by atoms with Crippen LogP contribution in [0.15, 0.2) is 30.7 Å². The van der Waals surface area contributed by atoms with Gasteiger partial charge in [0.05, 0.1) is 0 Å². The van der Waals surface area contributed by atoms with Gasteiger partial charge in [0.15, 0.2) is 0 Å². The molecule has 3 rings (SSSR count). The Bertz CT molecular complexity index is 615. The molecule has 0 unspecified atom stereocenters. The van der Waals surface area contributed by atoms with Gasteiger partial charge < -0.3 is 9.80 Å². The molecule has 20 heavy (non-hydrogen) atoms. The standard InChI is InChI=1S/C15H18N4O/c1-2-14(20)18-7-9-19(10-8-18)15-13-4-5-16-11-12(13)3-6-17-15/h3-6,11H,2,7-10H2,1H3. The number of aromatic nitrogens is 2. The molecule has 1 aliphatic heterocycles. The number of piperazine rings is 1. The Morgan fingerprint density at radius 1 is 1.20 bits per heavy atom. The van der Waals surface area contributed by atoms with E-state index in [1.165, 1.54) is 0 Å². The molecule has 0 spiro atoms. The second-order valence-corrected chi connectivity index (χ2v) is 4.95. The van der Waals surface area contributed by atoms with Crippen LogP contribution in [0.5, 0.6) is 0 Å². The summed E-state index contributed by atoms with van der Waals surface area (Å²) in [6.45, 7) is 5.12. The summed E-state index contributed by atoms with van der Waals surface area (Å²) >= 11 is 0. The molecule has 2 aromatic rings. The number of amides is 1. The number of hydrogen-bond acceptors (Lipinski definition) is 4. The van der Waals surface area contributed by atoms with E-state index >= 15 is 0 Å². The van der Waals surface area contributed by atoms with Crippen molar-refractivity contribution in [3.8, 4) is 0 Å². The molecule has 0 aliphatic carbocycles. The Morgan fingerprint density at radius 3 is 2.75 bits per heavy atom. The lowest BCUT2D eigenvalue weighted by atomic mass is 10.2. The number of fused-ring (bicyclic) bond motifs is 1. The highest BCUT2D eigenvalue weighted by Crippen LogP contribution is 2.24. The highest BCUT2D eigenvalue weighted by molar-refractivity contribution is 5.91. The monoisotopic (exact) mass is 270 g/mol. The Kier molecular flexibility index (Phi) is 3.50. The predicted molar refractivity (Wildman–Crippen MR) is 78.6 cm³/mol. The van der Waals surface area contributed by atoms with E-state index in [0.717, 1.165) is 42.8 Å². The fraction of sp³-hybridized carbons (Fsp3) is 0.400. The third-order valence-electron chi connectivity index (χ3n) is 3.78. The largest absolute Gasteiger partial charge is 0.353 e. The average Bonchev–Trinajstić information content (AvgIpc) is 2.54. The van der Waals surface area contributed by atoms with E-state index in [1.54, 1.807) is 6.20 Å². The average molecular weight is 270 g/mol. The molecule has 5 nitrogen and oxygen atoms in total. The van der Waals surface area contributed by atoms with Gasteiger partial charge in [-0.05, 0) is 12.1 Å². The van der Waals surface area contributed by atoms with Gasteiger partial charge in [-0.3, -0.25) is 9.78 Å². The summed E-state index contributed by atoms with van der Waals surface area (Å²) < 4.78 is 0. The third kappa shape index (κ3) is 2.31. The second-order valence-electron chi connectivity index (χ2n) is 4.95. The minimum atomic E-state index is 0.236. The molecule has 0 bridgehead atoms. The molecule has 3 heterocycles. The van der Waals surface area contributed by atoms with Gasteiger partial charge in [0.2, 0.25) is 5.91 Å². The molecule has 5 heteroatoms. The molecule has 0 saturated carbocycles. The molecule has 104 valence electrons. The van der Waals surface area contributed by atoms with Crippen molar-refractivity contribution in [1.82, 2.24) is 14.9 Å². The van der Waals surface area contributed by atoms with Crippen LogP contribution in [0, 0.1) is 0 Å². The van der Waals surface area contributed by atoms with Crippen LogP contribution in [0.3, 0.4) is 0 Å². The summed E-state index contributed by atoms with van der Waals surface area (Å²) in [5.41, 5.74) is 0. The summed E-state index contributed by atoms with van der Waals surface area (Å²) in [6, 6.07) is 3.98. The van der Waals surface area contributed by atoms with Crippen LogP contribution in [-0.2, 0) is 4.79 Å². The van der Waals surface area contributed by atoms with E-state index in [4.69, 9.17) is 0 Å². The molecule has 0 radical (unpaired) electrons. The minimum Gasteiger partial charge on any atom is -0.353 e. The third-order valence-corrected chi connectivity index (χ3v) is 3.78. The first-order valence-electron chi connectivity index (χ1n) is 7.01. The second kappa shape index (κ2) is 5.45. The van der Waals surface area contributed by atoms with Gasteiger partial charge in [0, 0.05) is 62.0 Å². The van der Waals surface area contributed by atoms with Crippen molar-refractivity contribution in [2.24, 2.45) is 0 Å². The van der Waals surface area contributed by atoms with E-state index in [1.807, 2.05) is 36.4 Å². The summed E-state index contributed by atoms with van der Waals surface area (Å²) in [4.78, 5) is 24.6. The van der Waals surface area contributed by atoms with Crippen molar-refractivity contribution in [2.75, 3.05) is 31.1 Å². The number of anilines is 1. The van der Waals surface area contributed by atoms with Crippen LogP contribution in [-0.4, -0.2) is 47.0 Å². The SMILES string of the molecule is CCC(=O)N1CCN(c2nccc3cnccc23)CC1. The number of pyridine rings is 2. The number of carbonyl (C=O) groups is 1. The maximum Gasteiger partial charge on any atom is 0.222 e. The van der Waals surface area contributed by atoms with Crippen LogP contribution >= 0.6 is 0 Å². The molecule has 1 amide bonds. The molecular formula is C15H18N4O. The zero-order chi connectivity index (χ0) is 13.9. The van der Waals surface area contributed by atoms with E-state index < -0.39 is 0 Å². The minimum absolute atomic E-state index is 0.236. The van der Waals surface area contributed by atoms with Crippen LogP contribution in [0.25, 0.3) is 10.8 Å². The first kappa shape index (κ1) is 12.8. The Balaban J connectivity index is 1.82.